The van der Waals surface area contributed by atoms with Gasteiger partial charge in [-0.3, -0.25) is 14.4 Å². The molecular weight excluding hydrogens is 296 g/mol. The van der Waals surface area contributed by atoms with Crippen LogP contribution in [0.2, 0.25) is 0 Å². The fourth-order valence-corrected chi connectivity index (χ4v) is 2.57. The molecule has 1 aromatic carbocycles. The Labute approximate surface area is 135 Å². The van der Waals surface area contributed by atoms with Gasteiger partial charge < -0.3 is 15.4 Å². The van der Waals surface area contributed by atoms with Crippen LogP contribution in [0.3, 0.4) is 0 Å². The van der Waals surface area contributed by atoms with E-state index in [0.29, 0.717) is 18.5 Å². The number of amides is 2. The van der Waals surface area contributed by atoms with E-state index < -0.39 is 6.04 Å². The van der Waals surface area contributed by atoms with Crippen LogP contribution in [0.1, 0.15) is 44.1 Å². The fourth-order valence-electron chi connectivity index (χ4n) is 2.57. The third kappa shape index (κ3) is 4.55. The van der Waals surface area contributed by atoms with Crippen molar-refractivity contribution in [3.8, 4) is 0 Å². The molecule has 0 bridgehead atoms. The smallest absolute Gasteiger partial charge is 0.312 e. The largest absolute Gasteiger partial charge is 0.469 e. The highest BCUT2D eigenvalue weighted by atomic mass is 16.5. The predicted octanol–water partition coefficient (Wildman–Crippen LogP) is 1.96. The Bertz CT molecular complexity index is 583. The van der Waals surface area contributed by atoms with Crippen LogP contribution in [-0.2, 0) is 19.1 Å². The summed E-state index contributed by atoms with van der Waals surface area (Å²) in [5.41, 5.74) is 1.45. The minimum absolute atomic E-state index is 0.0788. The summed E-state index contributed by atoms with van der Waals surface area (Å²) < 4.78 is 4.71. The van der Waals surface area contributed by atoms with Crippen molar-refractivity contribution in [2.75, 3.05) is 12.4 Å². The van der Waals surface area contributed by atoms with Gasteiger partial charge in [0, 0.05) is 12.1 Å². The molecule has 1 saturated heterocycles. The molecule has 0 spiro atoms. The second kappa shape index (κ2) is 7.76. The van der Waals surface area contributed by atoms with Gasteiger partial charge in [0.2, 0.25) is 11.8 Å². The second-order valence-corrected chi connectivity index (χ2v) is 5.72. The van der Waals surface area contributed by atoms with Gasteiger partial charge in [0.05, 0.1) is 13.0 Å². The second-order valence-electron chi connectivity index (χ2n) is 5.72. The van der Waals surface area contributed by atoms with E-state index >= 15 is 0 Å². The number of esters is 1. The van der Waals surface area contributed by atoms with Gasteiger partial charge in [-0.2, -0.15) is 0 Å². The van der Waals surface area contributed by atoms with E-state index in [0.717, 1.165) is 18.4 Å². The van der Waals surface area contributed by atoms with Gasteiger partial charge in [0.25, 0.3) is 0 Å². The number of ether oxygens (including phenoxy) is 1. The summed E-state index contributed by atoms with van der Waals surface area (Å²) in [6.07, 6.45) is 2.79. The normalized spacial score (nSPS) is 19.2. The average molecular weight is 318 g/mol. The molecular formula is C17H22N2O4. The summed E-state index contributed by atoms with van der Waals surface area (Å²) in [7, 11) is 1.36. The first-order valence-corrected chi connectivity index (χ1v) is 7.79. The van der Waals surface area contributed by atoms with Crippen LogP contribution in [0.4, 0.5) is 5.69 Å². The summed E-state index contributed by atoms with van der Waals surface area (Å²) in [5.74, 6) is -0.951. The van der Waals surface area contributed by atoms with Crippen LogP contribution >= 0.6 is 0 Å². The first-order valence-electron chi connectivity index (χ1n) is 7.79. The number of carbonyl (C=O) groups is 3. The summed E-state index contributed by atoms with van der Waals surface area (Å²) in [5, 5.41) is 5.54. The number of benzene rings is 1. The van der Waals surface area contributed by atoms with Crippen LogP contribution in [0.15, 0.2) is 24.3 Å². The van der Waals surface area contributed by atoms with Gasteiger partial charge >= 0.3 is 5.97 Å². The Kier molecular flexibility index (Phi) is 5.73. The lowest BCUT2D eigenvalue weighted by molar-refractivity contribution is -0.142. The number of rotatable bonds is 4. The standard InChI is InChI=1S/C17H22N2O4/c1-11(17(22)23-2)12-7-9-13(10-8-12)18-16(21)14-5-3-4-6-15(20)19-14/h7-11,14H,3-6H2,1-2H3,(H,18,21)(H,19,20)/t11-,14-/m1/s1. The molecule has 0 unspecified atom stereocenters. The molecule has 1 aliphatic heterocycles. The van der Waals surface area contributed by atoms with Gasteiger partial charge in [-0.1, -0.05) is 18.6 Å². The lowest BCUT2D eigenvalue weighted by Crippen LogP contribution is -2.42. The topological polar surface area (TPSA) is 84.5 Å². The maximum Gasteiger partial charge on any atom is 0.312 e. The van der Waals surface area contributed by atoms with Gasteiger partial charge in [-0.25, -0.2) is 0 Å². The number of carbonyl (C=O) groups excluding carboxylic acids is 3. The Hall–Kier alpha value is -2.37. The Morgan fingerprint density at radius 1 is 1.26 bits per heavy atom. The first-order chi connectivity index (χ1) is 11.0. The number of nitrogens with one attached hydrogen (secondary N) is 2. The van der Waals surface area contributed by atoms with Gasteiger partial charge in [0.1, 0.15) is 6.04 Å². The van der Waals surface area contributed by atoms with E-state index in [1.165, 1.54) is 7.11 Å². The van der Waals surface area contributed by atoms with Gasteiger partial charge in [-0.05, 0) is 37.5 Å². The van der Waals surface area contributed by atoms with Crippen molar-refractivity contribution in [3.05, 3.63) is 29.8 Å². The molecule has 0 aliphatic carbocycles. The minimum atomic E-state index is -0.487. The Morgan fingerprint density at radius 2 is 1.96 bits per heavy atom. The third-order valence-corrected chi connectivity index (χ3v) is 4.03. The van der Waals surface area contributed by atoms with E-state index in [1.54, 1.807) is 31.2 Å². The van der Waals surface area contributed by atoms with Crippen LogP contribution in [-0.4, -0.2) is 30.9 Å². The van der Waals surface area contributed by atoms with Crippen molar-refractivity contribution in [1.29, 1.82) is 0 Å². The van der Waals surface area contributed by atoms with Crippen molar-refractivity contribution < 1.29 is 19.1 Å². The fraction of sp³-hybridized carbons (Fsp3) is 0.471. The summed E-state index contributed by atoms with van der Waals surface area (Å²) in [6.45, 7) is 1.76. The zero-order valence-corrected chi connectivity index (χ0v) is 13.4. The molecule has 2 N–H and O–H groups in total. The molecule has 0 saturated carbocycles. The maximum absolute atomic E-state index is 12.2. The molecule has 0 radical (unpaired) electrons. The number of hydrogen-bond acceptors (Lipinski definition) is 4. The molecule has 0 aromatic heterocycles. The van der Waals surface area contributed by atoms with Gasteiger partial charge in [-0.15, -0.1) is 0 Å². The molecule has 1 fully saturated rings. The molecule has 23 heavy (non-hydrogen) atoms. The summed E-state index contributed by atoms with van der Waals surface area (Å²) >= 11 is 0. The Balaban J connectivity index is 1.98. The van der Waals surface area contributed by atoms with Crippen molar-refractivity contribution in [2.24, 2.45) is 0 Å². The van der Waals surface area contributed by atoms with E-state index in [1.807, 2.05) is 0 Å². The van der Waals surface area contributed by atoms with E-state index in [2.05, 4.69) is 10.6 Å². The highest BCUT2D eigenvalue weighted by Crippen LogP contribution is 2.19. The Morgan fingerprint density at radius 3 is 2.61 bits per heavy atom. The highest BCUT2D eigenvalue weighted by molar-refractivity contribution is 5.97. The predicted molar refractivity (Wildman–Crippen MR) is 85.9 cm³/mol. The zero-order chi connectivity index (χ0) is 16.8. The molecule has 2 atom stereocenters. The molecule has 1 aliphatic rings. The zero-order valence-electron chi connectivity index (χ0n) is 13.4. The molecule has 2 rings (SSSR count). The molecule has 1 heterocycles. The average Bonchev–Trinajstić information content (AvgIpc) is 2.78. The lowest BCUT2D eigenvalue weighted by Gasteiger charge is -2.16. The van der Waals surface area contributed by atoms with Crippen molar-refractivity contribution in [3.63, 3.8) is 0 Å². The number of methoxy groups -OCH3 is 1. The lowest BCUT2D eigenvalue weighted by atomic mass is 10.0. The summed E-state index contributed by atoms with van der Waals surface area (Å²) in [6, 6.07) is 6.56. The number of hydrogen-bond donors (Lipinski definition) is 2. The SMILES string of the molecule is COC(=O)[C@H](C)c1ccc(NC(=O)[C@H]2CCCCC(=O)N2)cc1. The maximum atomic E-state index is 12.2. The molecule has 124 valence electrons. The third-order valence-electron chi connectivity index (χ3n) is 4.03. The monoisotopic (exact) mass is 318 g/mol. The molecule has 1 aromatic rings. The van der Waals surface area contributed by atoms with E-state index in [4.69, 9.17) is 4.74 Å². The van der Waals surface area contributed by atoms with Crippen LogP contribution in [0, 0.1) is 0 Å². The van der Waals surface area contributed by atoms with Crippen molar-refractivity contribution in [2.45, 2.75) is 44.6 Å². The molecule has 2 amide bonds. The van der Waals surface area contributed by atoms with E-state index in [-0.39, 0.29) is 23.7 Å². The summed E-state index contributed by atoms with van der Waals surface area (Å²) in [4.78, 5) is 35.3. The van der Waals surface area contributed by atoms with Crippen LogP contribution in [0.5, 0.6) is 0 Å². The highest BCUT2D eigenvalue weighted by Gasteiger charge is 2.23. The molecule has 6 heteroatoms. The van der Waals surface area contributed by atoms with Crippen LogP contribution < -0.4 is 10.6 Å². The number of anilines is 1. The van der Waals surface area contributed by atoms with Crippen LogP contribution in [0.25, 0.3) is 0 Å². The first kappa shape index (κ1) is 17.0. The van der Waals surface area contributed by atoms with E-state index in [9.17, 15) is 14.4 Å². The van der Waals surface area contributed by atoms with Crippen molar-refractivity contribution >= 4 is 23.5 Å². The minimum Gasteiger partial charge on any atom is -0.469 e. The van der Waals surface area contributed by atoms with Gasteiger partial charge in [0.15, 0.2) is 0 Å². The molecule has 6 nitrogen and oxygen atoms in total. The quantitative estimate of drug-likeness (QED) is 0.831. The van der Waals surface area contributed by atoms with Crippen molar-refractivity contribution in [1.82, 2.24) is 5.32 Å².